The first-order chi connectivity index (χ1) is 14.4. The lowest BCUT2D eigenvalue weighted by molar-refractivity contribution is -0.123. The summed E-state index contributed by atoms with van der Waals surface area (Å²) in [5.41, 5.74) is 1.80. The monoisotopic (exact) mass is 430 g/mol. The molecule has 1 amide bonds. The second-order valence-corrected chi connectivity index (χ2v) is 9.90. The Morgan fingerprint density at radius 2 is 1.67 bits per heavy atom. The van der Waals surface area contributed by atoms with E-state index in [1.54, 1.807) is 31.3 Å². The number of amides is 1. The molecule has 8 heteroatoms. The SMILES string of the molecule is COc1ccc(N2C(=O)CN(CCc3cccc(OC)c3)[C@@H]3CS(=O)(=O)C[C@@H]32)cc1. The standard InChI is InChI=1S/C22H26N2O5S/c1-28-18-8-6-17(7-9-18)24-21-15-30(26,27)14-20(21)23(13-22(24)25)11-10-16-4-3-5-19(12-16)29-2/h3-9,12,20-21H,10-11,13-15H2,1-2H3/t20-,21+/m1/s1. The molecule has 2 atom stereocenters. The summed E-state index contributed by atoms with van der Waals surface area (Å²) in [5.74, 6) is 1.47. The van der Waals surface area contributed by atoms with Gasteiger partial charge in [0.2, 0.25) is 5.91 Å². The summed E-state index contributed by atoms with van der Waals surface area (Å²) < 4.78 is 35.4. The lowest BCUT2D eigenvalue weighted by Crippen LogP contribution is -2.62. The van der Waals surface area contributed by atoms with Crippen molar-refractivity contribution in [1.29, 1.82) is 0 Å². The highest BCUT2D eigenvalue weighted by atomic mass is 32.2. The molecule has 0 bridgehead atoms. The smallest absolute Gasteiger partial charge is 0.241 e. The van der Waals surface area contributed by atoms with Crippen molar-refractivity contribution in [2.24, 2.45) is 0 Å². The molecule has 2 saturated heterocycles. The Hall–Kier alpha value is -2.58. The topological polar surface area (TPSA) is 76.2 Å². The molecule has 2 aromatic carbocycles. The van der Waals surface area contributed by atoms with E-state index in [1.807, 2.05) is 41.3 Å². The van der Waals surface area contributed by atoms with Gasteiger partial charge in [0.1, 0.15) is 11.5 Å². The number of carbonyl (C=O) groups excluding carboxylic acids is 1. The number of benzene rings is 2. The summed E-state index contributed by atoms with van der Waals surface area (Å²) in [6.45, 7) is 0.818. The van der Waals surface area contributed by atoms with Crippen molar-refractivity contribution < 1.29 is 22.7 Å². The van der Waals surface area contributed by atoms with Crippen molar-refractivity contribution in [3.05, 3.63) is 54.1 Å². The van der Waals surface area contributed by atoms with E-state index < -0.39 is 9.84 Å². The van der Waals surface area contributed by atoms with Gasteiger partial charge in [0, 0.05) is 18.3 Å². The summed E-state index contributed by atoms with van der Waals surface area (Å²) in [4.78, 5) is 16.8. The predicted octanol–water partition coefficient (Wildman–Crippen LogP) is 1.76. The Labute approximate surface area is 177 Å². The van der Waals surface area contributed by atoms with Crippen molar-refractivity contribution in [2.75, 3.05) is 43.7 Å². The molecule has 0 aromatic heterocycles. The van der Waals surface area contributed by atoms with E-state index in [9.17, 15) is 13.2 Å². The largest absolute Gasteiger partial charge is 0.497 e. The average Bonchev–Trinajstić information content (AvgIpc) is 3.07. The molecule has 0 unspecified atom stereocenters. The van der Waals surface area contributed by atoms with Gasteiger partial charge in [0.05, 0.1) is 38.3 Å². The number of methoxy groups -OCH3 is 2. The summed E-state index contributed by atoms with van der Waals surface area (Å²) in [7, 11) is 0.000489. The maximum atomic E-state index is 13.1. The van der Waals surface area contributed by atoms with Crippen LogP contribution in [0, 0.1) is 0 Å². The fourth-order valence-electron chi connectivity index (χ4n) is 4.38. The zero-order valence-electron chi connectivity index (χ0n) is 17.2. The number of fused-ring (bicyclic) bond motifs is 1. The predicted molar refractivity (Wildman–Crippen MR) is 115 cm³/mol. The lowest BCUT2D eigenvalue weighted by atomic mass is 10.0. The molecule has 160 valence electrons. The number of piperazine rings is 1. The number of sulfone groups is 1. The molecule has 2 aliphatic heterocycles. The van der Waals surface area contributed by atoms with Gasteiger partial charge in [-0.3, -0.25) is 9.69 Å². The fourth-order valence-corrected chi connectivity index (χ4v) is 6.36. The first-order valence-corrected chi connectivity index (χ1v) is 11.8. The van der Waals surface area contributed by atoms with Crippen molar-refractivity contribution in [3.8, 4) is 11.5 Å². The van der Waals surface area contributed by atoms with Crippen molar-refractivity contribution in [2.45, 2.75) is 18.5 Å². The third-order valence-corrected chi connectivity index (χ3v) is 7.57. The zero-order valence-corrected chi connectivity index (χ0v) is 18.0. The summed E-state index contributed by atoms with van der Waals surface area (Å²) in [6, 6.07) is 14.4. The van der Waals surface area contributed by atoms with E-state index >= 15 is 0 Å². The number of ether oxygens (including phenoxy) is 2. The van der Waals surface area contributed by atoms with Gasteiger partial charge < -0.3 is 14.4 Å². The molecule has 4 rings (SSSR count). The van der Waals surface area contributed by atoms with E-state index in [2.05, 4.69) is 0 Å². The van der Waals surface area contributed by atoms with Crippen molar-refractivity contribution in [3.63, 3.8) is 0 Å². The van der Waals surface area contributed by atoms with Crippen LogP contribution in [0.2, 0.25) is 0 Å². The second-order valence-electron chi connectivity index (χ2n) is 7.75. The molecule has 2 aliphatic rings. The Balaban J connectivity index is 1.56. The van der Waals surface area contributed by atoms with E-state index in [-0.39, 0.29) is 36.0 Å². The van der Waals surface area contributed by atoms with E-state index in [0.29, 0.717) is 18.0 Å². The highest BCUT2D eigenvalue weighted by molar-refractivity contribution is 7.91. The number of rotatable bonds is 6. The van der Waals surface area contributed by atoms with E-state index in [1.165, 1.54) is 0 Å². The molecule has 0 radical (unpaired) electrons. The van der Waals surface area contributed by atoms with Crippen LogP contribution in [0.15, 0.2) is 48.5 Å². The van der Waals surface area contributed by atoms with Crippen LogP contribution in [-0.4, -0.2) is 70.1 Å². The fraction of sp³-hybridized carbons (Fsp3) is 0.409. The molecular formula is C22H26N2O5S. The zero-order chi connectivity index (χ0) is 21.3. The highest BCUT2D eigenvalue weighted by Crippen LogP contribution is 2.32. The van der Waals surface area contributed by atoms with Gasteiger partial charge in [-0.1, -0.05) is 12.1 Å². The molecule has 0 N–H and O–H groups in total. The second kappa shape index (κ2) is 8.28. The van der Waals surface area contributed by atoms with Gasteiger partial charge in [-0.25, -0.2) is 8.42 Å². The minimum absolute atomic E-state index is 0.00883. The summed E-state index contributed by atoms with van der Waals surface area (Å²) in [5, 5.41) is 0. The highest BCUT2D eigenvalue weighted by Gasteiger charge is 2.49. The van der Waals surface area contributed by atoms with Crippen LogP contribution in [-0.2, 0) is 21.1 Å². The summed E-state index contributed by atoms with van der Waals surface area (Å²) >= 11 is 0. The Morgan fingerprint density at radius 3 is 2.37 bits per heavy atom. The minimum Gasteiger partial charge on any atom is -0.497 e. The van der Waals surface area contributed by atoms with Crippen molar-refractivity contribution >= 4 is 21.4 Å². The minimum atomic E-state index is -3.21. The van der Waals surface area contributed by atoms with Crippen LogP contribution < -0.4 is 14.4 Å². The Kier molecular flexibility index (Phi) is 5.71. The normalized spacial score (nSPS) is 23.3. The number of hydrogen-bond acceptors (Lipinski definition) is 6. The van der Waals surface area contributed by atoms with Gasteiger partial charge in [-0.15, -0.1) is 0 Å². The molecule has 0 spiro atoms. The van der Waals surface area contributed by atoms with Gasteiger partial charge >= 0.3 is 0 Å². The first-order valence-electron chi connectivity index (χ1n) is 9.94. The maximum Gasteiger partial charge on any atom is 0.241 e. The number of hydrogen-bond donors (Lipinski definition) is 0. The number of carbonyl (C=O) groups is 1. The Bertz CT molecular complexity index is 1020. The molecule has 2 aromatic rings. The van der Waals surface area contributed by atoms with E-state index in [4.69, 9.17) is 9.47 Å². The van der Waals surface area contributed by atoms with Crippen LogP contribution in [0.3, 0.4) is 0 Å². The van der Waals surface area contributed by atoms with Gasteiger partial charge in [-0.05, 0) is 48.4 Å². The van der Waals surface area contributed by atoms with Crippen molar-refractivity contribution in [1.82, 2.24) is 4.90 Å². The molecule has 7 nitrogen and oxygen atoms in total. The van der Waals surface area contributed by atoms with Gasteiger partial charge in [0.15, 0.2) is 9.84 Å². The summed E-state index contributed by atoms with van der Waals surface area (Å²) in [6.07, 6.45) is 0.719. The first kappa shape index (κ1) is 20.7. The molecule has 0 saturated carbocycles. The molecular weight excluding hydrogens is 404 g/mol. The van der Waals surface area contributed by atoms with Crippen LogP contribution in [0.4, 0.5) is 5.69 Å². The number of anilines is 1. The van der Waals surface area contributed by atoms with E-state index in [0.717, 1.165) is 17.7 Å². The van der Waals surface area contributed by atoms with Crippen LogP contribution in [0.1, 0.15) is 5.56 Å². The average molecular weight is 431 g/mol. The molecule has 2 fully saturated rings. The van der Waals surface area contributed by atoms with Gasteiger partial charge in [0.25, 0.3) is 0 Å². The quantitative estimate of drug-likeness (QED) is 0.695. The number of nitrogens with zero attached hydrogens (tertiary/aromatic N) is 2. The third-order valence-electron chi connectivity index (χ3n) is 5.87. The molecule has 2 heterocycles. The lowest BCUT2D eigenvalue weighted by Gasteiger charge is -2.43. The third kappa shape index (κ3) is 4.15. The van der Waals surface area contributed by atoms with Crippen LogP contribution in [0.25, 0.3) is 0 Å². The van der Waals surface area contributed by atoms with Gasteiger partial charge in [-0.2, -0.15) is 0 Å². The van der Waals surface area contributed by atoms with Crippen LogP contribution in [0.5, 0.6) is 11.5 Å². The maximum absolute atomic E-state index is 13.1. The molecule has 30 heavy (non-hydrogen) atoms. The Morgan fingerprint density at radius 1 is 0.967 bits per heavy atom. The van der Waals surface area contributed by atoms with Crippen LogP contribution >= 0.6 is 0 Å². The molecule has 0 aliphatic carbocycles.